The number of fused-ring (bicyclic) bond motifs is 1. The van der Waals surface area contributed by atoms with Crippen LogP contribution >= 0.6 is 11.6 Å². The molecule has 19 heavy (non-hydrogen) atoms. The molecule has 0 spiro atoms. The SMILES string of the molecule is Fc1cccc2occ(COc3cccc(Cl)c3)c12. The average Bonchev–Trinajstić information content (AvgIpc) is 2.81. The molecule has 0 saturated heterocycles. The van der Waals surface area contributed by atoms with Gasteiger partial charge in [-0.05, 0) is 30.3 Å². The number of halogens is 2. The Hall–Kier alpha value is -2.00. The van der Waals surface area contributed by atoms with E-state index >= 15 is 0 Å². The summed E-state index contributed by atoms with van der Waals surface area (Å²) < 4.78 is 24.6. The van der Waals surface area contributed by atoms with E-state index in [1.165, 1.54) is 12.3 Å². The van der Waals surface area contributed by atoms with E-state index in [0.29, 0.717) is 27.3 Å². The van der Waals surface area contributed by atoms with Crippen LogP contribution in [0.2, 0.25) is 5.02 Å². The molecule has 2 nitrogen and oxygen atoms in total. The zero-order valence-electron chi connectivity index (χ0n) is 9.90. The second-order valence-electron chi connectivity index (χ2n) is 4.12. The lowest BCUT2D eigenvalue weighted by Crippen LogP contribution is -1.95. The van der Waals surface area contributed by atoms with Gasteiger partial charge in [-0.15, -0.1) is 0 Å². The van der Waals surface area contributed by atoms with Crippen molar-refractivity contribution in [2.24, 2.45) is 0 Å². The molecule has 3 rings (SSSR count). The molecule has 1 aromatic heterocycles. The molecule has 0 fully saturated rings. The van der Waals surface area contributed by atoms with Crippen LogP contribution in [-0.4, -0.2) is 0 Å². The Kier molecular flexibility index (Phi) is 3.13. The van der Waals surface area contributed by atoms with Crippen molar-refractivity contribution >= 4 is 22.6 Å². The van der Waals surface area contributed by atoms with Crippen LogP contribution in [0, 0.1) is 5.82 Å². The van der Waals surface area contributed by atoms with E-state index in [4.69, 9.17) is 20.8 Å². The van der Waals surface area contributed by atoms with Gasteiger partial charge in [0, 0.05) is 10.6 Å². The fourth-order valence-electron chi connectivity index (χ4n) is 1.93. The maximum atomic E-state index is 13.7. The Labute approximate surface area is 114 Å². The minimum Gasteiger partial charge on any atom is -0.489 e. The average molecular weight is 277 g/mol. The molecule has 3 aromatic rings. The minimum absolute atomic E-state index is 0.230. The number of ether oxygens (including phenoxy) is 1. The zero-order valence-corrected chi connectivity index (χ0v) is 10.7. The van der Waals surface area contributed by atoms with E-state index in [1.807, 2.05) is 0 Å². The third-order valence-electron chi connectivity index (χ3n) is 2.82. The van der Waals surface area contributed by atoms with Gasteiger partial charge in [0.2, 0.25) is 0 Å². The number of hydrogen-bond acceptors (Lipinski definition) is 2. The number of benzene rings is 2. The quantitative estimate of drug-likeness (QED) is 0.685. The van der Waals surface area contributed by atoms with Crippen LogP contribution in [0.15, 0.2) is 53.1 Å². The summed E-state index contributed by atoms with van der Waals surface area (Å²) in [6.45, 7) is 0.230. The molecule has 96 valence electrons. The first kappa shape index (κ1) is 12.1. The second kappa shape index (κ2) is 4.94. The standard InChI is InChI=1S/C15H10ClFO2/c16-11-3-1-4-12(7-11)18-8-10-9-19-14-6-2-5-13(17)15(10)14/h1-7,9H,8H2. The van der Waals surface area contributed by atoms with Gasteiger partial charge >= 0.3 is 0 Å². The first-order valence-corrected chi connectivity index (χ1v) is 6.15. The molecule has 4 heteroatoms. The third kappa shape index (κ3) is 2.42. The molecule has 0 aliphatic heterocycles. The highest BCUT2D eigenvalue weighted by Gasteiger charge is 2.10. The highest BCUT2D eigenvalue weighted by atomic mass is 35.5. The van der Waals surface area contributed by atoms with Gasteiger partial charge in [-0.2, -0.15) is 0 Å². The van der Waals surface area contributed by atoms with Crippen molar-refractivity contribution in [2.75, 3.05) is 0 Å². The van der Waals surface area contributed by atoms with Crippen LogP contribution in [0.1, 0.15) is 5.56 Å². The Bertz CT molecular complexity index is 721. The molecule has 1 heterocycles. The predicted molar refractivity (Wildman–Crippen MR) is 72.0 cm³/mol. The van der Waals surface area contributed by atoms with Crippen molar-refractivity contribution in [1.82, 2.24) is 0 Å². The lowest BCUT2D eigenvalue weighted by Gasteiger charge is -2.05. The number of furan rings is 1. The highest BCUT2D eigenvalue weighted by Crippen LogP contribution is 2.26. The summed E-state index contributed by atoms with van der Waals surface area (Å²) in [5.74, 6) is 0.328. The molecule has 0 atom stereocenters. The molecule has 0 aliphatic carbocycles. The number of hydrogen-bond donors (Lipinski definition) is 0. The Balaban J connectivity index is 1.86. The summed E-state index contributed by atoms with van der Waals surface area (Å²) in [5.41, 5.74) is 1.19. The number of rotatable bonds is 3. The summed E-state index contributed by atoms with van der Waals surface area (Å²) in [5, 5.41) is 1.06. The van der Waals surface area contributed by atoms with Gasteiger partial charge in [0.25, 0.3) is 0 Å². The van der Waals surface area contributed by atoms with E-state index in [1.54, 1.807) is 36.4 Å². The van der Waals surface area contributed by atoms with Crippen molar-refractivity contribution in [3.05, 3.63) is 65.1 Å². The summed E-state index contributed by atoms with van der Waals surface area (Å²) in [6, 6.07) is 11.8. The van der Waals surface area contributed by atoms with Crippen molar-refractivity contribution in [3.63, 3.8) is 0 Å². The molecule has 0 bridgehead atoms. The van der Waals surface area contributed by atoms with E-state index in [9.17, 15) is 4.39 Å². The molecular formula is C15H10ClFO2. The van der Waals surface area contributed by atoms with Crippen molar-refractivity contribution in [1.29, 1.82) is 0 Å². The summed E-state index contributed by atoms with van der Waals surface area (Å²) >= 11 is 5.87. The first-order chi connectivity index (χ1) is 9.24. The molecule has 2 aromatic carbocycles. The topological polar surface area (TPSA) is 22.4 Å². The molecule has 0 aliphatic rings. The van der Waals surface area contributed by atoms with E-state index in [2.05, 4.69) is 0 Å². The first-order valence-electron chi connectivity index (χ1n) is 5.77. The van der Waals surface area contributed by atoms with Crippen molar-refractivity contribution < 1.29 is 13.5 Å². The minimum atomic E-state index is -0.309. The zero-order chi connectivity index (χ0) is 13.2. The maximum absolute atomic E-state index is 13.7. The van der Waals surface area contributed by atoms with E-state index in [0.717, 1.165) is 0 Å². The molecule has 0 radical (unpaired) electrons. The second-order valence-corrected chi connectivity index (χ2v) is 4.56. The Morgan fingerprint density at radius 2 is 2.00 bits per heavy atom. The third-order valence-corrected chi connectivity index (χ3v) is 3.05. The van der Waals surface area contributed by atoms with Crippen molar-refractivity contribution in [2.45, 2.75) is 6.61 Å². The van der Waals surface area contributed by atoms with Crippen LogP contribution in [0.4, 0.5) is 4.39 Å². The highest BCUT2D eigenvalue weighted by molar-refractivity contribution is 6.30. The van der Waals surface area contributed by atoms with Gasteiger partial charge in [-0.25, -0.2) is 4.39 Å². The van der Waals surface area contributed by atoms with Crippen LogP contribution in [0.25, 0.3) is 11.0 Å². The van der Waals surface area contributed by atoms with Gasteiger partial charge in [0.1, 0.15) is 23.8 Å². The van der Waals surface area contributed by atoms with Gasteiger partial charge in [0.05, 0.1) is 11.6 Å². The molecular weight excluding hydrogens is 267 g/mol. The van der Waals surface area contributed by atoms with Gasteiger partial charge in [-0.3, -0.25) is 0 Å². The normalized spacial score (nSPS) is 10.8. The molecule has 0 unspecified atom stereocenters. The van der Waals surface area contributed by atoms with Crippen LogP contribution in [0.3, 0.4) is 0 Å². The fraction of sp³-hybridized carbons (Fsp3) is 0.0667. The van der Waals surface area contributed by atoms with Crippen molar-refractivity contribution in [3.8, 4) is 5.75 Å². The van der Waals surface area contributed by atoms with Gasteiger partial charge in [0.15, 0.2) is 0 Å². The fourth-order valence-corrected chi connectivity index (χ4v) is 2.11. The smallest absolute Gasteiger partial charge is 0.137 e. The molecule has 0 amide bonds. The van der Waals surface area contributed by atoms with Crippen LogP contribution < -0.4 is 4.74 Å². The van der Waals surface area contributed by atoms with Crippen LogP contribution in [0.5, 0.6) is 5.75 Å². The molecule has 0 saturated carbocycles. The lowest BCUT2D eigenvalue weighted by molar-refractivity contribution is 0.305. The summed E-state index contributed by atoms with van der Waals surface area (Å²) in [4.78, 5) is 0. The summed E-state index contributed by atoms with van der Waals surface area (Å²) in [7, 11) is 0. The lowest BCUT2D eigenvalue weighted by atomic mass is 10.2. The Morgan fingerprint density at radius 1 is 1.16 bits per heavy atom. The largest absolute Gasteiger partial charge is 0.489 e. The van der Waals surface area contributed by atoms with Gasteiger partial charge < -0.3 is 9.15 Å². The summed E-state index contributed by atoms with van der Waals surface area (Å²) in [6.07, 6.45) is 1.51. The van der Waals surface area contributed by atoms with E-state index in [-0.39, 0.29) is 12.4 Å². The van der Waals surface area contributed by atoms with Gasteiger partial charge in [-0.1, -0.05) is 23.7 Å². The van der Waals surface area contributed by atoms with E-state index < -0.39 is 0 Å². The maximum Gasteiger partial charge on any atom is 0.137 e. The predicted octanol–water partition coefficient (Wildman–Crippen LogP) is 4.80. The molecule has 0 N–H and O–H groups in total. The van der Waals surface area contributed by atoms with Crippen LogP contribution in [-0.2, 0) is 6.61 Å². The Morgan fingerprint density at radius 3 is 2.84 bits per heavy atom. The monoisotopic (exact) mass is 276 g/mol.